The Labute approximate surface area is 81.7 Å². The lowest BCUT2D eigenvalue weighted by atomic mass is 10.2. The smallest absolute Gasteiger partial charge is 0.341 e. The van der Waals surface area contributed by atoms with Crippen LogP contribution in [0.25, 0.3) is 0 Å². The molecule has 0 saturated carbocycles. The predicted molar refractivity (Wildman–Crippen MR) is 49.9 cm³/mol. The van der Waals surface area contributed by atoms with Gasteiger partial charge in [-0.25, -0.2) is 4.79 Å². The van der Waals surface area contributed by atoms with Crippen LogP contribution in [0.15, 0.2) is 12.3 Å². The minimum atomic E-state index is -0.418. The number of aromatic nitrogens is 1. The van der Waals surface area contributed by atoms with Gasteiger partial charge < -0.3 is 4.74 Å². The zero-order chi connectivity index (χ0) is 9.84. The van der Waals surface area contributed by atoms with E-state index in [1.54, 1.807) is 26.1 Å². The zero-order valence-corrected chi connectivity index (χ0v) is 8.26. The van der Waals surface area contributed by atoms with Gasteiger partial charge in [-0.2, -0.15) is 0 Å². The number of carbonyl (C=O) groups is 1. The Morgan fingerprint density at radius 3 is 2.92 bits per heavy atom. The third-order valence-electron chi connectivity index (χ3n) is 1.57. The van der Waals surface area contributed by atoms with Crippen molar-refractivity contribution in [2.75, 3.05) is 6.61 Å². The van der Waals surface area contributed by atoms with Gasteiger partial charge in [0.1, 0.15) is 0 Å². The van der Waals surface area contributed by atoms with E-state index in [-0.39, 0.29) is 0 Å². The summed E-state index contributed by atoms with van der Waals surface area (Å²) in [6.45, 7) is 3.80. The summed E-state index contributed by atoms with van der Waals surface area (Å²) in [6, 6.07) is 1.57. The number of ether oxygens (including phenoxy) is 1. The van der Waals surface area contributed by atoms with E-state index in [0.717, 1.165) is 0 Å². The van der Waals surface area contributed by atoms with E-state index in [2.05, 4.69) is 4.98 Å². The van der Waals surface area contributed by atoms with E-state index in [1.807, 2.05) is 0 Å². The minimum Gasteiger partial charge on any atom is -0.462 e. The maximum absolute atomic E-state index is 11.3. The molecule has 70 valence electrons. The highest BCUT2D eigenvalue weighted by atomic mass is 35.5. The van der Waals surface area contributed by atoms with Gasteiger partial charge in [0.25, 0.3) is 0 Å². The maximum atomic E-state index is 11.3. The van der Waals surface area contributed by atoms with E-state index in [0.29, 0.717) is 22.9 Å². The number of rotatable bonds is 2. The maximum Gasteiger partial charge on any atom is 0.341 e. The molecule has 0 radical (unpaired) electrons. The summed E-state index contributed by atoms with van der Waals surface area (Å²) < 4.78 is 4.83. The molecule has 3 nitrogen and oxygen atoms in total. The van der Waals surface area contributed by atoms with Crippen LogP contribution in [0, 0.1) is 6.92 Å². The summed E-state index contributed by atoms with van der Waals surface area (Å²) in [7, 11) is 0. The molecule has 13 heavy (non-hydrogen) atoms. The monoisotopic (exact) mass is 199 g/mol. The van der Waals surface area contributed by atoms with Crippen molar-refractivity contribution in [1.29, 1.82) is 0 Å². The van der Waals surface area contributed by atoms with E-state index in [1.165, 1.54) is 0 Å². The van der Waals surface area contributed by atoms with E-state index < -0.39 is 5.97 Å². The van der Waals surface area contributed by atoms with Crippen LogP contribution in [0.3, 0.4) is 0 Å². The number of hydrogen-bond acceptors (Lipinski definition) is 3. The number of halogens is 1. The Morgan fingerprint density at radius 2 is 2.38 bits per heavy atom. The Hall–Kier alpha value is -1.09. The van der Waals surface area contributed by atoms with Crippen molar-refractivity contribution in [3.05, 3.63) is 28.5 Å². The normalized spacial score (nSPS) is 9.77. The molecule has 1 aromatic rings. The molecule has 0 bridgehead atoms. The van der Waals surface area contributed by atoms with Crippen molar-refractivity contribution in [3.8, 4) is 0 Å². The molecule has 0 amide bonds. The SMILES string of the molecule is CCOC(=O)c1c(Cl)ccnc1C. The lowest BCUT2D eigenvalue weighted by Gasteiger charge is -2.05. The van der Waals surface area contributed by atoms with E-state index in [4.69, 9.17) is 16.3 Å². The topological polar surface area (TPSA) is 39.2 Å². The highest BCUT2D eigenvalue weighted by molar-refractivity contribution is 6.33. The fraction of sp³-hybridized carbons (Fsp3) is 0.333. The van der Waals surface area contributed by atoms with Crippen molar-refractivity contribution in [2.24, 2.45) is 0 Å². The van der Waals surface area contributed by atoms with Crippen molar-refractivity contribution in [1.82, 2.24) is 4.98 Å². The number of pyridine rings is 1. The Bertz CT molecular complexity index is 305. The Balaban J connectivity index is 3.05. The van der Waals surface area contributed by atoms with E-state index in [9.17, 15) is 4.79 Å². The van der Waals surface area contributed by atoms with Gasteiger partial charge >= 0.3 is 5.97 Å². The van der Waals surface area contributed by atoms with Crippen LogP contribution in [0.5, 0.6) is 0 Å². The second kappa shape index (κ2) is 4.23. The molecular formula is C9H10ClNO2. The summed E-state index contributed by atoms with van der Waals surface area (Å²) >= 11 is 5.82. The van der Waals surface area contributed by atoms with Crippen molar-refractivity contribution < 1.29 is 9.53 Å². The second-order valence-corrected chi connectivity index (χ2v) is 2.88. The van der Waals surface area contributed by atoms with Gasteiger partial charge in [-0.05, 0) is 19.9 Å². The van der Waals surface area contributed by atoms with Gasteiger partial charge in [-0.3, -0.25) is 4.98 Å². The fourth-order valence-electron chi connectivity index (χ4n) is 0.984. The van der Waals surface area contributed by atoms with Crippen molar-refractivity contribution in [3.63, 3.8) is 0 Å². The number of carbonyl (C=O) groups excluding carboxylic acids is 1. The van der Waals surface area contributed by atoms with E-state index >= 15 is 0 Å². The van der Waals surface area contributed by atoms with Crippen LogP contribution in [0.2, 0.25) is 5.02 Å². The molecule has 0 aromatic carbocycles. The van der Waals surface area contributed by atoms with Crippen molar-refractivity contribution >= 4 is 17.6 Å². The molecule has 0 spiro atoms. The summed E-state index contributed by atoms with van der Waals surface area (Å²) in [5, 5.41) is 0.381. The van der Waals surface area contributed by atoms with Crippen LogP contribution in [0.4, 0.5) is 0 Å². The minimum absolute atomic E-state index is 0.337. The molecule has 1 heterocycles. The molecule has 0 aliphatic rings. The first kappa shape index (κ1) is 9.99. The fourth-order valence-corrected chi connectivity index (χ4v) is 1.25. The molecule has 0 N–H and O–H groups in total. The van der Waals surface area contributed by atoms with Crippen LogP contribution in [-0.2, 0) is 4.74 Å². The number of hydrogen-bond donors (Lipinski definition) is 0. The first-order valence-electron chi connectivity index (χ1n) is 3.95. The largest absolute Gasteiger partial charge is 0.462 e. The summed E-state index contributed by atoms with van der Waals surface area (Å²) in [4.78, 5) is 15.3. The number of aryl methyl sites for hydroxylation is 1. The molecular weight excluding hydrogens is 190 g/mol. The molecule has 1 aromatic heterocycles. The van der Waals surface area contributed by atoms with Crippen LogP contribution in [0.1, 0.15) is 23.0 Å². The molecule has 1 rings (SSSR count). The first-order valence-corrected chi connectivity index (χ1v) is 4.32. The third-order valence-corrected chi connectivity index (χ3v) is 1.88. The quantitative estimate of drug-likeness (QED) is 0.686. The van der Waals surface area contributed by atoms with Gasteiger partial charge in [0.2, 0.25) is 0 Å². The van der Waals surface area contributed by atoms with Crippen LogP contribution < -0.4 is 0 Å². The Kier molecular flexibility index (Phi) is 3.25. The summed E-state index contributed by atoms with van der Waals surface area (Å²) in [5.41, 5.74) is 0.942. The molecule has 0 aliphatic carbocycles. The second-order valence-electron chi connectivity index (χ2n) is 2.47. The zero-order valence-electron chi connectivity index (χ0n) is 7.50. The van der Waals surface area contributed by atoms with Gasteiger partial charge in [0, 0.05) is 6.20 Å². The summed E-state index contributed by atoms with van der Waals surface area (Å²) in [5.74, 6) is -0.418. The molecule has 0 aliphatic heterocycles. The molecule has 4 heteroatoms. The van der Waals surface area contributed by atoms with Gasteiger partial charge in [0.15, 0.2) is 0 Å². The lowest BCUT2D eigenvalue weighted by molar-refractivity contribution is 0.0525. The molecule has 0 fully saturated rings. The van der Waals surface area contributed by atoms with Gasteiger partial charge in [-0.15, -0.1) is 0 Å². The summed E-state index contributed by atoms with van der Waals surface area (Å²) in [6.07, 6.45) is 1.56. The molecule has 0 atom stereocenters. The average Bonchev–Trinajstić information content (AvgIpc) is 2.04. The first-order chi connectivity index (χ1) is 6.16. The molecule has 0 saturated heterocycles. The molecule has 0 unspecified atom stereocenters. The highest BCUT2D eigenvalue weighted by Gasteiger charge is 2.14. The number of nitrogens with zero attached hydrogens (tertiary/aromatic N) is 1. The van der Waals surface area contributed by atoms with Crippen molar-refractivity contribution in [2.45, 2.75) is 13.8 Å². The Morgan fingerprint density at radius 1 is 1.69 bits per heavy atom. The van der Waals surface area contributed by atoms with Crippen LogP contribution in [-0.4, -0.2) is 17.6 Å². The average molecular weight is 200 g/mol. The van der Waals surface area contributed by atoms with Gasteiger partial charge in [-0.1, -0.05) is 11.6 Å². The predicted octanol–water partition coefficient (Wildman–Crippen LogP) is 2.22. The standard InChI is InChI=1S/C9H10ClNO2/c1-3-13-9(12)8-6(2)11-5-4-7(8)10/h4-5H,3H2,1-2H3. The van der Waals surface area contributed by atoms with Gasteiger partial charge in [0.05, 0.1) is 22.9 Å². The van der Waals surface area contributed by atoms with Crippen LogP contribution >= 0.6 is 11.6 Å². The number of esters is 1. The third kappa shape index (κ3) is 2.18. The lowest BCUT2D eigenvalue weighted by Crippen LogP contribution is -2.08. The highest BCUT2D eigenvalue weighted by Crippen LogP contribution is 2.18.